The fourth-order valence-corrected chi connectivity index (χ4v) is 1.98. The van der Waals surface area contributed by atoms with Crippen LogP contribution >= 0.6 is 12.4 Å². The second-order valence-electron chi connectivity index (χ2n) is 4.68. The number of alkyl halides is 6. The summed E-state index contributed by atoms with van der Waals surface area (Å²) in [4.78, 5) is 10.9. The number of carboxylic acids is 1. The van der Waals surface area contributed by atoms with Crippen LogP contribution < -0.4 is 5.32 Å². The molecule has 0 amide bonds. The SMILES string of the molecule is CC(NC(C(=O)O)C(C(F)(F)F)C(F)(F)F)c1ccccc1.Cl. The zero-order valence-electron chi connectivity index (χ0n) is 11.7. The molecule has 1 aromatic carbocycles. The molecule has 0 bridgehead atoms. The Kier molecular flexibility index (Phi) is 7.36. The van der Waals surface area contributed by atoms with Crippen LogP contribution in [0.15, 0.2) is 30.3 Å². The van der Waals surface area contributed by atoms with Crippen molar-refractivity contribution in [1.29, 1.82) is 0 Å². The smallest absolute Gasteiger partial charge is 0.402 e. The van der Waals surface area contributed by atoms with Crippen molar-refractivity contribution >= 4 is 18.4 Å². The summed E-state index contributed by atoms with van der Waals surface area (Å²) in [6, 6.07) is 3.77. The highest BCUT2D eigenvalue weighted by Crippen LogP contribution is 2.42. The fraction of sp³-hybridized carbons (Fsp3) is 0.462. The van der Waals surface area contributed by atoms with Crippen LogP contribution in [0.25, 0.3) is 0 Å². The predicted octanol–water partition coefficient (Wildman–Crippen LogP) is 3.95. The molecule has 0 fully saturated rings. The standard InChI is InChI=1S/C13H13F6NO2.ClH/c1-7(8-5-3-2-4-6-8)20-9(11(21)22)10(12(14,15)16)13(17,18)19;/h2-7,9-10,20H,1H3,(H,21,22);1H. The molecule has 2 unspecified atom stereocenters. The molecule has 23 heavy (non-hydrogen) atoms. The van der Waals surface area contributed by atoms with Gasteiger partial charge in [0, 0.05) is 6.04 Å². The van der Waals surface area contributed by atoms with E-state index in [0.717, 1.165) is 0 Å². The van der Waals surface area contributed by atoms with Crippen molar-refractivity contribution in [1.82, 2.24) is 5.32 Å². The number of halogens is 7. The normalized spacial score (nSPS) is 15.0. The molecule has 10 heteroatoms. The van der Waals surface area contributed by atoms with E-state index in [2.05, 4.69) is 0 Å². The molecule has 0 radical (unpaired) electrons. The maximum absolute atomic E-state index is 12.7. The van der Waals surface area contributed by atoms with Crippen LogP contribution in [0.4, 0.5) is 26.3 Å². The number of carbonyl (C=O) groups is 1. The van der Waals surface area contributed by atoms with Crippen molar-refractivity contribution in [2.24, 2.45) is 5.92 Å². The molecule has 1 rings (SSSR count). The van der Waals surface area contributed by atoms with Gasteiger partial charge in [0.05, 0.1) is 0 Å². The minimum absolute atomic E-state index is 0. The van der Waals surface area contributed by atoms with E-state index in [1.54, 1.807) is 6.07 Å². The molecule has 0 saturated heterocycles. The molecule has 2 atom stereocenters. The molecule has 0 spiro atoms. The zero-order valence-corrected chi connectivity index (χ0v) is 12.5. The Morgan fingerprint density at radius 3 is 1.83 bits per heavy atom. The molecular formula is C13H14ClF6NO2. The van der Waals surface area contributed by atoms with E-state index < -0.39 is 36.3 Å². The second-order valence-corrected chi connectivity index (χ2v) is 4.68. The summed E-state index contributed by atoms with van der Waals surface area (Å²) in [7, 11) is 0. The monoisotopic (exact) mass is 365 g/mol. The summed E-state index contributed by atoms with van der Waals surface area (Å²) in [5.74, 6) is -6.22. The maximum atomic E-state index is 12.7. The van der Waals surface area contributed by atoms with E-state index in [0.29, 0.717) is 5.56 Å². The number of nitrogens with one attached hydrogen (secondary N) is 1. The topological polar surface area (TPSA) is 49.3 Å². The first kappa shape index (κ1) is 21.5. The number of hydrogen-bond acceptors (Lipinski definition) is 2. The summed E-state index contributed by atoms with van der Waals surface area (Å²) >= 11 is 0. The van der Waals surface area contributed by atoms with E-state index in [-0.39, 0.29) is 12.4 Å². The van der Waals surface area contributed by atoms with Crippen molar-refractivity contribution in [2.45, 2.75) is 31.4 Å². The molecule has 0 heterocycles. The molecule has 0 saturated carbocycles. The Morgan fingerprint density at radius 1 is 1.04 bits per heavy atom. The Morgan fingerprint density at radius 2 is 1.48 bits per heavy atom. The molecule has 3 nitrogen and oxygen atoms in total. The quantitative estimate of drug-likeness (QED) is 0.777. The van der Waals surface area contributed by atoms with Gasteiger partial charge in [0.2, 0.25) is 0 Å². The van der Waals surface area contributed by atoms with Crippen LogP contribution in [-0.2, 0) is 4.79 Å². The van der Waals surface area contributed by atoms with Crippen molar-refractivity contribution in [3.63, 3.8) is 0 Å². The molecular weight excluding hydrogens is 352 g/mol. The summed E-state index contributed by atoms with van der Waals surface area (Å²) in [5.41, 5.74) is 0.372. The number of carboxylic acid groups (broad SMARTS) is 1. The lowest BCUT2D eigenvalue weighted by molar-refractivity contribution is -0.291. The van der Waals surface area contributed by atoms with Gasteiger partial charge >= 0.3 is 18.3 Å². The Hall–Kier alpha value is -1.48. The van der Waals surface area contributed by atoms with Gasteiger partial charge in [0.25, 0.3) is 0 Å². The van der Waals surface area contributed by atoms with Gasteiger partial charge in [-0.15, -0.1) is 12.4 Å². The van der Waals surface area contributed by atoms with Crippen LogP contribution in [0.3, 0.4) is 0 Å². The first-order chi connectivity index (χ1) is 9.94. The third kappa shape index (κ3) is 5.91. The lowest BCUT2D eigenvalue weighted by Crippen LogP contribution is -2.55. The van der Waals surface area contributed by atoms with Crippen molar-refractivity contribution in [3.8, 4) is 0 Å². The average Bonchev–Trinajstić information content (AvgIpc) is 2.35. The number of aliphatic carboxylic acids is 1. The lowest BCUT2D eigenvalue weighted by Gasteiger charge is -2.30. The highest BCUT2D eigenvalue weighted by atomic mass is 35.5. The molecule has 2 N–H and O–H groups in total. The summed E-state index contributed by atoms with van der Waals surface area (Å²) in [6.07, 6.45) is -11.5. The second kappa shape index (κ2) is 7.87. The lowest BCUT2D eigenvalue weighted by atomic mass is 9.96. The van der Waals surface area contributed by atoms with Gasteiger partial charge in [-0.3, -0.25) is 10.1 Å². The first-order valence-corrected chi connectivity index (χ1v) is 6.12. The minimum atomic E-state index is -5.73. The van der Waals surface area contributed by atoms with Gasteiger partial charge in [-0.2, -0.15) is 26.3 Å². The Balaban J connectivity index is 0.00000484. The van der Waals surface area contributed by atoms with Crippen molar-refractivity contribution in [2.75, 3.05) is 0 Å². The number of benzene rings is 1. The number of hydrogen-bond donors (Lipinski definition) is 2. The van der Waals surface area contributed by atoms with E-state index in [9.17, 15) is 31.1 Å². The highest BCUT2D eigenvalue weighted by molar-refractivity contribution is 5.85. The molecule has 0 aromatic heterocycles. The van der Waals surface area contributed by atoms with Crippen LogP contribution in [0.5, 0.6) is 0 Å². The zero-order chi connectivity index (χ0) is 17.1. The van der Waals surface area contributed by atoms with Crippen LogP contribution in [-0.4, -0.2) is 29.5 Å². The highest BCUT2D eigenvalue weighted by Gasteiger charge is 2.62. The number of rotatable bonds is 5. The molecule has 1 aromatic rings. The van der Waals surface area contributed by atoms with E-state index in [1.807, 2.05) is 5.32 Å². The van der Waals surface area contributed by atoms with Crippen LogP contribution in [0, 0.1) is 5.92 Å². The van der Waals surface area contributed by atoms with Gasteiger partial charge in [-0.25, -0.2) is 0 Å². The average molecular weight is 366 g/mol. The summed E-state index contributed by atoms with van der Waals surface area (Å²) in [6.45, 7) is 1.29. The van der Waals surface area contributed by atoms with Crippen LogP contribution in [0.2, 0.25) is 0 Å². The van der Waals surface area contributed by atoms with Crippen molar-refractivity contribution < 1.29 is 36.2 Å². The van der Waals surface area contributed by atoms with Crippen LogP contribution in [0.1, 0.15) is 18.5 Å². The maximum Gasteiger partial charge on any atom is 0.402 e. The fourth-order valence-electron chi connectivity index (χ4n) is 1.98. The van der Waals surface area contributed by atoms with Gasteiger partial charge in [0.15, 0.2) is 5.92 Å². The minimum Gasteiger partial charge on any atom is -0.480 e. The summed E-state index contributed by atoms with van der Waals surface area (Å²) in [5, 5.41) is 10.7. The summed E-state index contributed by atoms with van der Waals surface area (Å²) < 4.78 is 75.9. The molecule has 132 valence electrons. The van der Waals surface area contributed by atoms with Gasteiger partial charge in [0.1, 0.15) is 6.04 Å². The van der Waals surface area contributed by atoms with E-state index >= 15 is 0 Å². The largest absolute Gasteiger partial charge is 0.480 e. The first-order valence-electron chi connectivity index (χ1n) is 6.12. The third-order valence-corrected chi connectivity index (χ3v) is 3.03. The van der Waals surface area contributed by atoms with E-state index in [4.69, 9.17) is 5.11 Å². The molecule has 0 aliphatic heterocycles. The van der Waals surface area contributed by atoms with Gasteiger partial charge in [-0.1, -0.05) is 30.3 Å². The third-order valence-electron chi connectivity index (χ3n) is 3.03. The Bertz CT molecular complexity index is 491. The van der Waals surface area contributed by atoms with Gasteiger partial charge in [-0.05, 0) is 12.5 Å². The Labute approximate surface area is 134 Å². The van der Waals surface area contributed by atoms with Gasteiger partial charge < -0.3 is 5.11 Å². The molecule has 0 aliphatic rings. The van der Waals surface area contributed by atoms with E-state index in [1.165, 1.54) is 31.2 Å². The van der Waals surface area contributed by atoms with Crippen molar-refractivity contribution in [3.05, 3.63) is 35.9 Å². The predicted molar refractivity (Wildman–Crippen MR) is 72.3 cm³/mol. The molecule has 0 aliphatic carbocycles.